The third kappa shape index (κ3) is 3.85. The molecule has 3 aromatic rings. The summed E-state index contributed by atoms with van der Waals surface area (Å²) >= 11 is 0. The van der Waals surface area contributed by atoms with Crippen molar-refractivity contribution in [1.82, 2.24) is 14.5 Å². The second-order valence-electron chi connectivity index (χ2n) is 7.11. The number of hydrogen-bond acceptors (Lipinski definition) is 3. The molecular formula is C21H23FN4O. The fourth-order valence-electron chi connectivity index (χ4n) is 3.56. The first-order valence-electron chi connectivity index (χ1n) is 9.35. The van der Waals surface area contributed by atoms with Crippen LogP contribution in [0.5, 0.6) is 0 Å². The van der Waals surface area contributed by atoms with Crippen LogP contribution in [0.2, 0.25) is 0 Å². The summed E-state index contributed by atoms with van der Waals surface area (Å²) in [6, 6.07) is 10.1. The smallest absolute Gasteiger partial charge is 0.255 e. The molecule has 6 heteroatoms. The predicted molar refractivity (Wildman–Crippen MR) is 104 cm³/mol. The molecule has 1 aliphatic rings. The zero-order valence-electron chi connectivity index (χ0n) is 15.4. The van der Waals surface area contributed by atoms with Crippen LogP contribution in [0.25, 0.3) is 11.0 Å². The quantitative estimate of drug-likeness (QED) is 0.747. The van der Waals surface area contributed by atoms with Crippen molar-refractivity contribution in [3.8, 4) is 0 Å². The molecule has 0 saturated carbocycles. The lowest BCUT2D eigenvalue weighted by Gasteiger charge is -2.15. The molecule has 0 unspecified atom stereocenters. The van der Waals surface area contributed by atoms with Gasteiger partial charge in [-0.05, 0) is 74.8 Å². The lowest BCUT2D eigenvalue weighted by Crippen LogP contribution is -2.23. The van der Waals surface area contributed by atoms with Gasteiger partial charge in [0, 0.05) is 24.3 Å². The number of carbonyl (C=O) groups is 1. The van der Waals surface area contributed by atoms with E-state index in [9.17, 15) is 9.18 Å². The largest absolute Gasteiger partial charge is 0.329 e. The third-order valence-electron chi connectivity index (χ3n) is 5.15. The van der Waals surface area contributed by atoms with Gasteiger partial charge in [-0.1, -0.05) is 0 Å². The van der Waals surface area contributed by atoms with Crippen molar-refractivity contribution in [2.75, 3.05) is 25.0 Å². The lowest BCUT2D eigenvalue weighted by molar-refractivity contribution is 0.102. The number of aromatic nitrogens is 2. The van der Waals surface area contributed by atoms with Crippen molar-refractivity contribution in [3.05, 3.63) is 59.7 Å². The van der Waals surface area contributed by atoms with Gasteiger partial charge in [0.2, 0.25) is 0 Å². The molecule has 5 nitrogen and oxygen atoms in total. The Hall–Kier alpha value is -2.73. The maximum Gasteiger partial charge on any atom is 0.255 e. The van der Waals surface area contributed by atoms with Crippen LogP contribution < -0.4 is 5.32 Å². The van der Waals surface area contributed by atoms with Crippen LogP contribution >= 0.6 is 0 Å². The number of aryl methyl sites for hydroxylation is 1. The average molecular weight is 366 g/mol. The fraction of sp³-hybridized carbons (Fsp3) is 0.333. The highest BCUT2D eigenvalue weighted by atomic mass is 19.1. The molecule has 1 amide bonds. The minimum atomic E-state index is -0.283. The number of halogens is 1. The van der Waals surface area contributed by atoms with E-state index in [0.29, 0.717) is 16.8 Å². The van der Waals surface area contributed by atoms with Crippen molar-refractivity contribution in [2.45, 2.75) is 26.3 Å². The van der Waals surface area contributed by atoms with Crippen LogP contribution in [0.1, 0.15) is 28.8 Å². The number of fused-ring (bicyclic) bond motifs is 1. The number of imidazole rings is 1. The molecule has 1 aliphatic heterocycles. The highest BCUT2D eigenvalue weighted by molar-refractivity contribution is 6.05. The van der Waals surface area contributed by atoms with Crippen molar-refractivity contribution < 1.29 is 9.18 Å². The van der Waals surface area contributed by atoms with E-state index in [1.54, 1.807) is 25.1 Å². The van der Waals surface area contributed by atoms with Crippen LogP contribution in [-0.4, -0.2) is 40.0 Å². The van der Waals surface area contributed by atoms with Crippen LogP contribution in [-0.2, 0) is 6.54 Å². The molecule has 0 radical (unpaired) electrons. The molecule has 27 heavy (non-hydrogen) atoms. The van der Waals surface area contributed by atoms with Gasteiger partial charge >= 0.3 is 0 Å². The zero-order chi connectivity index (χ0) is 18.8. The Kier molecular flexibility index (Phi) is 4.90. The maximum atomic E-state index is 13.4. The predicted octanol–water partition coefficient (Wildman–Crippen LogP) is 3.83. The Morgan fingerprint density at radius 2 is 1.96 bits per heavy atom. The van der Waals surface area contributed by atoms with Gasteiger partial charge in [0.1, 0.15) is 5.82 Å². The van der Waals surface area contributed by atoms with Crippen LogP contribution in [0, 0.1) is 12.7 Å². The number of nitrogens with one attached hydrogen (secondary N) is 1. The summed E-state index contributed by atoms with van der Waals surface area (Å²) in [5, 5.41) is 2.81. The number of anilines is 1. The topological polar surface area (TPSA) is 50.2 Å². The molecule has 0 spiro atoms. The van der Waals surface area contributed by atoms with E-state index < -0.39 is 0 Å². The summed E-state index contributed by atoms with van der Waals surface area (Å²) in [6.45, 7) is 5.96. The van der Waals surface area contributed by atoms with Crippen LogP contribution in [0.15, 0.2) is 42.7 Å². The highest BCUT2D eigenvalue weighted by Crippen LogP contribution is 2.18. The molecule has 2 heterocycles. The maximum absolute atomic E-state index is 13.4. The Morgan fingerprint density at radius 1 is 1.15 bits per heavy atom. The minimum Gasteiger partial charge on any atom is -0.329 e. The Balaban J connectivity index is 1.47. The number of benzene rings is 2. The van der Waals surface area contributed by atoms with Gasteiger partial charge < -0.3 is 14.8 Å². The first-order valence-corrected chi connectivity index (χ1v) is 9.35. The second-order valence-corrected chi connectivity index (χ2v) is 7.11. The van der Waals surface area contributed by atoms with Crippen molar-refractivity contribution in [2.24, 2.45) is 0 Å². The van der Waals surface area contributed by atoms with E-state index in [-0.39, 0.29) is 11.7 Å². The van der Waals surface area contributed by atoms with Crippen molar-refractivity contribution >= 4 is 22.6 Å². The first kappa shape index (κ1) is 17.7. The molecule has 0 atom stereocenters. The molecule has 1 saturated heterocycles. The molecular weight excluding hydrogens is 343 g/mol. The number of likely N-dealkylation sites (tertiary alicyclic amines) is 1. The molecule has 4 rings (SSSR count). The Labute approximate surface area is 157 Å². The molecule has 0 bridgehead atoms. The van der Waals surface area contributed by atoms with Gasteiger partial charge in [-0.3, -0.25) is 4.79 Å². The first-order chi connectivity index (χ1) is 13.1. The van der Waals surface area contributed by atoms with Gasteiger partial charge in [0.05, 0.1) is 17.4 Å². The van der Waals surface area contributed by atoms with E-state index in [0.717, 1.165) is 24.1 Å². The minimum absolute atomic E-state index is 0.227. The summed E-state index contributed by atoms with van der Waals surface area (Å²) in [7, 11) is 0. The zero-order valence-corrected chi connectivity index (χ0v) is 15.4. The number of nitrogens with zero attached hydrogens (tertiary/aromatic N) is 3. The lowest BCUT2D eigenvalue weighted by atomic mass is 10.1. The highest BCUT2D eigenvalue weighted by Gasteiger charge is 2.13. The molecule has 2 aromatic carbocycles. The molecule has 1 N–H and O–H groups in total. The van der Waals surface area contributed by atoms with Crippen molar-refractivity contribution in [3.63, 3.8) is 0 Å². The summed E-state index contributed by atoms with van der Waals surface area (Å²) in [5.41, 5.74) is 3.45. The summed E-state index contributed by atoms with van der Waals surface area (Å²) in [5.74, 6) is -0.511. The van der Waals surface area contributed by atoms with Gasteiger partial charge in [0.25, 0.3) is 5.91 Å². The van der Waals surface area contributed by atoms with Crippen LogP contribution in [0.3, 0.4) is 0 Å². The number of rotatable bonds is 5. The van der Waals surface area contributed by atoms with Crippen molar-refractivity contribution in [1.29, 1.82) is 0 Å². The van der Waals surface area contributed by atoms with E-state index in [1.807, 2.05) is 18.5 Å². The van der Waals surface area contributed by atoms with Gasteiger partial charge in [-0.25, -0.2) is 9.37 Å². The number of hydrogen-bond donors (Lipinski definition) is 1. The summed E-state index contributed by atoms with van der Waals surface area (Å²) < 4.78 is 15.5. The molecule has 0 aliphatic carbocycles. The number of amides is 1. The van der Waals surface area contributed by atoms with E-state index in [4.69, 9.17) is 0 Å². The SMILES string of the molecule is Cc1cc(NC(=O)c2ccc3c(c2)ncn3CCN2CCCC2)ccc1F. The third-order valence-corrected chi connectivity index (χ3v) is 5.15. The second kappa shape index (κ2) is 7.48. The Morgan fingerprint density at radius 3 is 2.74 bits per heavy atom. The van der Waals surface area contributed by atoms with Gasteiger partial charge in [-0.15, -0.1) is 0 Å². The molecule has 1 aromatic heterocycles. The van der Waals surface area contributed by atoms with E-state index in [1.165, 1.54) is 32.0 Å². The summed E-state index contributed by atoms with van der Waals surface area (Å²) in [6.07, 6.45) is 4.42. The fourth-order valence-corrected chi connectivity index (χ4v) is 3.56. The van der Waals surface area contributed by atoms with E-state index in [2.05, 4.69) is 19.8 Å². The Bertz CT molecular complexity index is 975. The van der Waals surface area contributed by atoms with E-state index >= 15 is 0 Å². The van der Waals surface area contributed by atoms with Crippen LogP contribution in [0.4, 0.5) is 10.1 Å². The standard InChI is InChI=1S/C21H23FN4O/c1-15-12-17(5-6-18(15)22)24-21(27)16-4-7-20-19(13-16)23-14-26(20)11-10-25-8-2-3-9-25/h4-7,12-14H,2-3,8-11H2,1H3,(H,24,27). The molecule has 1 fully saturated rings. The monoisotopic (exact) mass is 366 g/mol. The average Bonchev–Trinajstić information content (AvgIpc) is 3.32. The molecule has 140 valence electrons. The number of carbonyl (C=O) groups excluding carboxylic acids is 1. The van der Waals surface area contributed by atoms with Gasteiger partial charge in [-0.2, -0.15) is 0 Å². The van der Waals surface area contributed by atoms with Gasteiger partial charge in [0.15, 0.2) is 0 Å². The summed E-state index contributed by atoms with van der Waals surface area (Å²) in [4.78, 5) is 19.4. The normalized spacial score (nSPS) is 14.7.